The van der Waals surface area contributed by atoms with Gasteiger partial charge in [0.25, 0.3) is 0 Å². The predicted molar refractivity (Wildman–Crippen MR) is 109 cm³/mol. The van der Waals surface area contributed by atoms with Crippen LogP contribution in [-0.4, -0.2) is 34.8 Å². The Labute approximate surface area is 161 Å². The summed E-state index contributed by atoms with van der Waals surface area (Å²) in [6, 6.07) is 4.33. The van der Waals surface area contributed by atoms with E-state index >= 15 is 0 Å². The number of hydrogen-bond donors (Lipinski definition) is 2. The minimum Gasteiger partial charge on any atom is -0.358 e. The summed E-state index contributed by atoms with van der Waals surface area (Å²) in [5.74, 6) is 0.242. The first-order valence-corrected chi connectivity index (χ1v) is 9.96. The van der Waals surface area contributed by atoms with Crippen molar-refractivity contribution in [1.29, 1.82) is 0 Å². The van der Waals surface area contributed by atoms with Crippen LogP contribution in [0, 0.1) is 25.7 Å². The first-order valence-electron chi connectivity index (χ1n) is 9.96. The number of aromatic nitrogens is 1. The largest absolute Gasteiger partial charge is 0.358 e. The summed E-state index contributed by atoms with van der Waals surface area (Å²) in [5.41, 5.74) is 5.93. The van der Waals surface area contributed by atoms with Crippen LogP contribution in [-0.2, 0) is 22.6 Å². The molecule has 0 unspecified atom stereocenters. The van der Waals surface area contributed by atoms with Crippen LogP contribution >= 0.6 is 0 Å². The van der Waals surface area contributed by atoms with Gasteiger partial charge in [-0.2, -0.15) is 0 Å². The lowest BCUT2D eigenvalue weighted by atomic mass is 10.0. The van der Waals surface area contributed by atoms with E-state index in [1.54, 1.807) is 0 Å². The third-order valence-electron chi connectivity index (χ3n) is 5.47. The van der Waals surface area contributed by atoms with Crippen LogP contribution < -0.4 is 5.32 Å². The Kier molecular flexibility index (Phi) is 5.59. The maximum absolute atomic E-state index is 12.6. The van der Waals surface area contributed by atoms with Crippen molar-refractivity contribution in [3.8, 4) is 0 Å². The molecule has 5 heteroatoms. The lowest BCUT2D eigenvalue weighted by Gasteiger charge is -2.18. The molecule has 2 heterocycles. The minimum absolute atomic E-state index is 0.0248. The summed E-state index contributed by atoms with van der Waals surface area (Å²) in [6.45, 7) is 12.3. The SMILES string of the molecule is CCc1[nH]c2c(CNC(=O)[C@H]3CC(=O)N(CC(C)C)C3)cc(C)cc2c1C. The van der Waals surface area contributed by atoms with Crippen molar-refractivity contribution in [2.45, 2.75) is 54.0 Å². The van der Waals surface area contributed by atoms with Crippen molar-refractivity contribution < 1.29 is 9.59 Å². The Morgan fingerprint density at radius 2 is 2.07 bits per heavy atom. The van der Waals surface area contributed by atoms with Gasteiger partial charge < -0.3 is 15.2 Å². The number of carbonyl (C=O) groups is 2. The average Bonchev–Trinajstić information content (AvgIpc) is 3.13. The second-order valence-electron chi connectivity index (χ2n) is 8.24. The number of rotatable bonds is 6. The third kappa shape index (κ3) is 4.02. The Morgan fingerprint density at radius 3 is 2.74 bits per heavy atom. The number of H-pyrrole nitrogens is 1. The Balaban J connectivity index is 1.72. The zero-order valence-electron chi connectivity index (χ0n) is 17.1. The summed E-state index contributed by atoms with van der Waals surface area (Å²) in [7, 11) is 0. The quantitative estimate of drug-likeness (QED) is 0.819. The molecule has 5 nitrogen and oxygen atoms in total. The van der Waals surface area contributed by atoms with Crippen molar-refractivity contribution in [2.24, 2.45) is 11.8 Å². The Morgan fingerprint density at radius 1 is 1.33 bits per heavy atom. The molecule has 1 aliphatic heterocycles. The van der Waals surface area contributed by atoms with Gasteiger partial charge in [0.05, 0.1) is 11.4 Å². The normalized spacial score (nSPS) is 17.3. The molecule has 0 spiro atoms. The molecule has 0 radical (unpaired) electrons. The fourth-order valence-electron chi connectivity index (χ4n) is 4.10. The van der Waals surface area contributed by atoms with Gasteiger partial charge in [-0.1, -0.05) is 32.4 Å². The number of fused-ring (bicyclic) bond motifs is 1. The third-order valence-corrected chi connectivity index (χ3v) is 5.47. The van der Waals surface area contributed by atoms with Gasteiger partial charge in [-0.05, 0) is 43.4 Å². The van der Waals surface area contributed by atoms with Crippen LogP contribution in [0.4, 0.5) is 0 Å². The molecule has 1 aromatic heterocycles. The molecule has 0 bridgehead atoms. The summed E-state index contributed by atoms with van der Waals surface area (Å²) < 4.78 is 0. The van der Waals surface area contributed by atoms with Crippen molar-refractivity contribution in [3.63, 3.8) is 0 Å². The molecular formula is C22H31N3O2. The van der Waals surface area contributed by atoms with Crippen molar-refractivity contribution in [3.05, 3.63) is 34.5 Å². The molecule has 27 heavy (non-hydrogen) atoms. The molecule has 2 aromatic rings. The zero-order valence-corrected chi connectivity index (χ0v) is 17.1. The van der Waals surface area contributed by atoms with E-state index in [4.69, 9.17) is 0 Å². The van der Waals surface area contributed by atoms with Crippen LogP contribution in [0.1, 0.15) is 49.6 Å². The van der Waals surface area contributed by atoms with E-state index in [-0.39, 0.29) is 17.7 Å². The van der Waals surface area contributed by atoms with Crippen LogP contribution in [0.5, 0.6) is 0 Å². The highest BCUT2D eigenvalue weighted by Gasteiger charge is 2.34. The van der Waals surface area contributed by atoms with E-state index in [2.05, 4.69) is 57.1 Å². The average molecular weight is 370 g/mol. The van der Waals surface area contributed by atoms with Crippen LogP contribution in [0.3, 0.4) is 0 Å². The van der Waals surface area contributed by atoms with E-state index in [1.807, 2.05) is 4.90 Å². The first-order chi connectivity index (χ1) is 12.8. The van der Waals surface area contributed by atoms with E-state index in [0.29, 0.717) is 25.4 Å². The molecule has 0 saturated carbocycles. The molecule has 1 aliphatic rings. The molecule has 1 fully saturated rings. The standard InChI is InChI=1S/C22H31N3O2/c1-6-19-15(5)18-8-14(4)7-16(21(18)24-19)10-23-22(27)17-9-20(26)25(12-17)11-13(2)3/h7-8,13,17,24H,6,9-12H2,1-5H3,(H,23,27)/t17-/m0/s1. The zero-order chi connectivity index (χ0) is 19.7. The monoisotopic (exact) mass is 369 g/mol. The predicted octanol–water partition coefficient (Wildman–Crippen LogP) is 3.47. The van der Waals surface area contributed by atoms with E-state index in [1.165, 1.54) is 22.2 Å². The van der Waals surface area contributed by atoms with Crippen LogP contribution in [0.2, 0.25) is 0 Å². The topological polar surface area (TPSA) is 65.2 Å². The number of nitrogens with zero attached hydrogens (tertiary/aromatic N) is 1. The number of benzene rings is 1. The van der Waals surface area contributed by atoms with Gasteiger partial charge in [0.2, 0.25) is 11.8 Å². The van der Waals surface area contributed by atoms with Crippen molar-refractivity contribution >= 4 is 22.7 Å². The number of hydrogen-bond acceptors (Lipinski definition) is 2. The van der Waals surface area contributed by atoms with Gasteiger partial charge >= 0.3 is 0 Å². The fourth-order valence-corrected chi connectivity index (χ4v) is 4.10. The van der Waals surface area contributed by atoms with Gasteiger partial charge in [0.15, 0.2) is 0 Å². The molecule has 1 atom stereocenters. The molecule has 2 amide bonds. The Hall–Kier alpha value is -2.30. The van der Waals surface area contributed by atoms with Gasteiger partial charge in [0.1, 0.15) is 0 Å². The lowest BCUT2D eigenvalue weighted by molar-refractivity contribution is -0.129. The molecule has 3 rings (SSSR count). The highest BCUT2D eigenvalue weighted by Crippen LogP contribution is 2.27. The molecule has 146 valence electrons. The minimum atomic E-state index is -0.242. The summed E-state index contributed by atoms with van der Waals surface area (Å²) in [5, 5.41) is 4.30. The van der Waals surface area contributed by atoms with Crippen molar-refractivity contribution in [1.82, 2.24) is 15.2 Å². The summed E-state index contributed by atoms with van der Waals surface area (Å²) in [4.78, 5) is 30.1. The number of aromatic amines is 1. The van der Waals surface area contributed by atoms with Crippen LogP contribution in [0.15, 0.2) is 12.1 Å². The second kappa shape index (κ2) is 7.75. The highest BCUT2D eigenvalue weighted by molar-refractivity contribution is 5.90. The van der Waals surface area contributed by atoms with Gasteiger partial charge in [-0.3, -0.25) is 9.59 Å². The smallest absolute Gasteiger partial charge is 0.225 e. The fraction of sp³-hybridized carbons (Fsp3) is 0.545. The van der Waals surface area contributed by atoms with Crippen LogP contribution in [0.25, 0.3) is 10.9 Å². The lowest BCUT2D eigenvalue weighted by Crippen LogP contribution is -2.33. The van der Waals surface area contributed by atoms with E-state index < -0.39 is 0 Å². The van der Waals surface area contributed by atoms with E-state index in [9.17, 15) is 9.59 Å². The first kappa shape index (κ1) is 19.5. The van der Waals surface area contributed by atoms with Crippen molar-refractivity contribution in [2.75, 3.05) is 13.1 Å². The van der Waals surface area contributed by atoms with E-state index in [0.717, 1.165) is 24.0 Å². The van der Waals surface area contributed by atoms with Gasteiger partial charge in [-0.15, -0.1) is 0 Å². The summed E-state index contributed by atoms with van der Waals surface area (Å²) in [6.07, 6.45) is 1.28. The second-order valence-corrected chi connectivity index (χ2v) is 8.24. The number of aryl methyl sites for hydroxylation is 3. The maximum Gasteiger partial charge on any atom is 0.225 e. The Bertz CT molecular complexity index is 866. The molecule has 2 N–H and O–H groups in total. The maximum atomic E-state index is 12.6. The summed E-state index contributed by atoms with van der Waals surface area (Å²) >= 11 is 0. The number of amides is 2. The molecular weight excluding hydrogens is 338 g/mol. The van der Waals surface area contributed by atoms with Gasteiger partial charge in [-0.25, -0.2) is 0 Å². The molecule has 0 aliphatic carbocycles. The molecule has 1 aromatic carbocycles. The number of carbonyl (C=O) groups excluding carboxylic acids is 2. The number of likely N-dealkylation sites (tertiary alicyclic amines) is 1. The molecule has 1 saturated heterocycles. The number of nitrogens with one attached hydrogen (secondary N) is 2. The highest BCUT2D eigenvalue weighted by atomic mass is 16.2. The van der Waals surface area contributed by atoms with Gasteiger partial charge in [0, 0.05) is 37.1 Å².